The highest BCUT2D eigenvalue weighted by atomic mass is 32.1. The number of rotatable bonds is 10. The number of thiol groups is 1. The van der Waals surface area contributed by atoms with Crippen LogP contribution < -0.4 is 0 Å². The summed E-state index contributed by atoms with van der Waals surface area (Å²) in [6.45, 7) is 8.76. The van der Waals surface area contributed by atoms with Gasteiger partial charge in [-0.05, 0) is 29.9 Å². The van der Waals surface area contributed by atoms with Crippen LogP contribution in [-0.4, -0.2) is 17.0 Å². The highest BCUT2D eigenvalue weighted by Gasteiger charge is 2.24. The SMILES string of the molecule is CCCCCCCC(C)[C@H](O)C(C)C(C)CS. The minimum absolute atomic E-state index is 0.164. The predicted octanol–water partition coefficient (Wildman–Crippen LogP) is 4.55. The van der Waals surface area contributed by atoms with Gasteiger partial charge in [-0.25, -0.2) is 0 Å². The largest absolute Gasteiger partial charge is 0.393 e. The van der Waals surface area contributed by atoms with E-state index in [0.29, 0.717) is 17.8 Å². The number of hydrogen-bond donors (Lipinski definition) is 2. The molecule has 0 aliphatic carbocycles. The Morgan fingerprint density at radius 3 is 2.06 bits per heavy atom. The zero-order chi connectivity index (χ0) is 13.3. The van der Waals surface area contributed by atoms with Crippen molar-refractivity contribution in [2.45, 2.75) is 72.3 Å². The van der Waals surface area contributed by atoms with Gasteiger partial charge in [-0.1, -0.05) is 59.8 Å². The van der Waals surface area contributed by atoms with Crippen LogP contribution in [0.5, 0.6) is 0 Å². The third-order valence-corrected chi connectivity index (χ3v) is 4.65. The van der Waals surface area contributed by atoms with Crippen LogP contribution in [0.15, 0.2) is 0 Å². The first-order valence-electron chi connectivity index (χ1n) is 7.33. The standard InChI is InChI=1S/C15H32OS/c1-5-6-7-8-9-10-12(2)15(16)14(4)13(3)11-17/h12-17H,5-11H2,1-4H3/t12?,13?,14?,15-/m0/s1. The molecule has 0 aromatic rings. The normalized spacial score (nSPS) is 18.7. The summed E-state index contributed by atoms with van der Waals surface area (Å²) in [7, 11) is 0. The van der Waals surface area contributed by atoms with Gasteiger partial charge in [0.15, 0.2) is 0 Å². The Hall–Kier alpha value is 0.310. The van der Waals surface area contributed by atoms with Gasteiger partial charge in [0.05, 0.1) is 6.10 Å². The second kappa shape index (κ2) is 10.3. The molecular weight excluding hydrogens is 228 g/mol. The van der Waals surface area contributed by atoms with Crippen LogP contribution in [-0.2, 0) is 0 Å². The van der Waals surface area contributed by atoms with E-state index in [1.54, 1.807) is 0 Å². The second-order valence-electron chi connectivity index (χ2n) is 5.69. The molecule has 1 N–H and O–H groups in total. The highest BCUT2D eigenvalue weighted by Crippen LogP contribution is 2.25. The van der Waals surface area contributed by atoms with Crippen LogP contribution >= 0.6 is 12.6 Å². The minimum atomic E-state index is -0.164. The van der Waals surface area contributed by atoms with Crippen LogP contribution in [0.1, 0.15) is 66.2 Å². The van der Waals surface area contributed by atoms with Gasteiger partial charge in [-0.15, -0.1) is 0 Å². The lowest BCUT2D eigenvalue weighted by molar-refractivity contribution is 0.0416. The van der Waals surface area contributed by atoms with E-state index in [1.807, 2.05) is 0 Å². The Kier molecular flexibility index (Phi) is 10.4. The lowest BCUT2D eigenvalue weighted by atomic mass is 9.83. The van der Waals surface area contributed by atoms with Gasteiger partial charge in [0.1, 0.15) is 0 Å². The maximum Gasteiger partial charge on any atom is 0.0594 e. The predicted molar refractivity (Wildman–Crippen MR) is 80.7 cm³/mol. The fourth-order valence-electron chi connectivity index (χ4n) is 2.26. The molecule has 0 bridgehead atoms. The molecule has 1 nitrogen and oxygen atoms in total. The zero-order valence-electron chi connectivity index (χ0n) is 12.2. The van der Waals surface area contributed by atoms with Crippen molar-refractivity contribution in [3.63, 3.8) is 0 Å². The van der Waals surface area contributed by atoms with Crippen LogP contribution in [0, 0.1) is 17.8 Å². The summed E-state index contributed by atoms with van der Waals surface area (Å²) in [5.74, 6) is 2.14. The van der Waals surface area contributed by atoms with E-state index < -0.39 is 0 Å². The van der Waals surface area contributed by atoms with Crippen molar-refractivity contribution in [1.29, 1.82) is 0 Å². The molecule has 0 saturated carbocycles. The van der Waals surface area contributed by atoms with Crippen molar-refractivity contribution < 1.29 is 5.11 Å². The summed E-state index contributed by atoms with van der Waals surface area (Å²) in [6, 6.07) is 0. The smallest absolute Gasteiger partial charge is 0.0594 e. The Labute approximate surface area is 114 Å². The maximum atomic E-state index is 10.3. The minimum Gasteiger partial charge on any atom is -0.393 e. The lowest BCUT2D eigenvalue weighted by Crippen LogP contribution is -2.30. The molecule has 104 valence electrons. The first-order valence-corrected chi connectivity index (χ1v) is 7.96. The molecular formula is C15H32OS. The average molecular weight is 260 g/mol. The molecule has 17 heavy (non-hydrogen) atoms. The summed E-state index contributed by atoms with van der Waals surface area (Å²) in [4.78, 5) is 0. The summed E-state index contributed by atoms with van der Waals surface area (Å²) in [6.07, 6.45) is 7.58. The third kappa shape index (κ3) is 7.35. The Bertz CT molecular complexity index is 172. The van der Waals surface area contributed by atoms with E-state index in [1.165, 1.54) is 32.1 Å². The molecule has 0 heterocycles. The van der Waals surface area contributed by atoms with Crippen molar-refractivity contribution in [2.75, 3.05) is 5.75 Å². The summed E-state index contributed by atoms with van der Waals surface area (Å²) < 4.78 is 0. The van der Waals surface area contributed by atoms with Gasteiger partial charge in [0, 0.05) is 0 Å². The van der Waals surface area contributed by atoms with Gasteiger partial charge < -0.3 is 5.11 Å². The summed E-state index contributed by atoms with van der Waals surface area (Å²) >= 11 is 4.32. The molecule has 0 aromatic carbocycles. The van der Waals surface area contributed by atoms with Crippen LogP contribution in [0.3, 0.4) is 0 Å². The Morgan fingerprint density at radius 2 is 1.53 bits per heavy atom. The van der Waals surface area contributed by atoms with Gasteiger partial charge >= 0.3 is 0 Å². The van der Waals surface area contributed by atoms with Crippen molar-refractivity contribution in [3.05, 3.63) is 0 Å². The van der Waals surface area contributed by atoms with Crippen molar-refractivity contribution in [2.24, 2.45) is 17.8 Å². The first kappa shape index (κ1) is 17.3. The number of hydrogen-bond acceptors (Lipinski definition) is 2. The molecule has 0 spiro atoms. The molecule has 4 atom stereocenters. The average Bonchev–Trinajstić information content (AvgIpc) is 2.35. The van der Waals surface area contributed by atoms with Gasteiger partial charge in [-0.2, -0.15) is 12.6 Å². The number of aliphatic hydroxyl groups excluding tert-OH is 1. The van der Waals surface area contributed by atoms with Crippen LogP contribution in [0.25, 0.3) is 0 Å². The van der Waals surface area contributed by atoms with Crippen molar-refractivity contribution in [1.82, 2.24) is 0 Å². The molecule has 0 saturated heterocycles. The topological polar surface area (TPSA) is 20.2 Å². The monoisotopic (exact) mass is 260 g/mol. The van der Waals surface area contributed by atoms with E-state index in [9.17, 15) is 5.11 Å². The number of aliphatic hydroxyl groups is 1. The quantitative estimate of drug-likeness (QED) is 0.436. The third-order valence-electron chi connectivity index (χ3n) is 4.07. The van der Waals surface area contributed by atoms with Crippen molar-refractivity contribution >= 4 is 12.6 Å². The molecule has 2 heteroatoms. The van der Waals surface area contributed by atoms with E-state index in [0.717, 1.165) is 12.2 Å². The fourth-order valence-corrected chi connectivity index (χ4v) is 2.59. The summed E-state index contributed by atoms with van der Waals surface area (Å²) in [5.41, 5.74) is 0. The van der Waals surface area contributed by atoms with E-state index in [4.69, 9.17) is 0 Å². The highest BCUT2D eigenvalue weighted by molar-refractivity contribution is 7.80. The first-order chi connectivity index (χ1) is 8.04. The van der Waals surface area contributed by atoms with Crippen molar-refractivity contribution in [3.8, 4) is 0 Å². The molecule has 0 radical (unpaired) electrons. The summed E-state index contributed by atoms with van der Waals surface area (Å²) in [5, 5.41) is 10.3. The molecule has 0 rings (SSSR count). The zero-order valence-corrected chi connectivity index (χ0v) is 13.0. The molecule has 0 fully saturated rings. The van der Waals surface area contributed by atoms with E-state index >= 15 is 0 Å². The molecule has 3 unspecified atom stereocenters. The lowest BCUT2D eigenvalue weighted by Gasteiger charge is -2.28. The van der Waals surface area contributed by atoms with E-state index in [2.05, 4.69) is 40.3 Å². The second-order valence-corrected chi connectivity index (χ2v) is 6.05. The fraction of sp³-hybridized carbons (Fsp3) is 1.00. The van der Waals surface area contributed by atoms with Gasteiger partial charge in [0.25, 0.3) is 0 Å². The molecule has 0 aliphatic heterocycles. The van der Waals surface area contributed by atoms with Gasteiger partial charge in [-0.3, -0.25) is 0 Å². The van der Waals surface area contributed by atoms with Crippen LogP contribution in [0.4, 0.5) is 0 Å². The Balaban J connectivity index is 3.76. The van der Waals surface area contributed by atoms with E-state index in [-0.39, 0.29) is 6.10 Å². The molecule has 0 amide bonds. The number of unbranched alkanes of at least 4 members (excludes halogenated alkanes) is 4. The van der Waals surface area contributed by atoms with Gasteiger partial charge in [0.2, 0.25) is 0 Å². The molecule has 0 aliphatic rings. The molecule has 0 aromatic heterocycles. The van der Waals surface area contributed by atoms with Crippen LogP contribution in [0.2, 0.25) is 0 Å². The maximum absolute atomic E-state index is 10.3. The Morgan fingerprint density at radius 1 is 0.941 bits per heavy atom.